The Kier molecular flexibility index (Phi) is 3.79. The predicted molar refractivity (Wildman–Crippen MR) is 70.6 cm³/mol. The first kappa shape index (κ1) is 13.1. The zero-order valence-corrected chi connectivity index (χ0v) is 11.2. The van der Waals surface area contributed by atoms with Crippen LogP contribution in [0.1, 0.15) is 17.0 Å². The lowest BCUT2D eigenvalue weighted by Gasteiger charge is -2.06. The molecule has 0 saturated carbocycles. The van der Waals surface area contributed by atoms with Crippen molar-refractivity contribution in [1.82, 2.24) is 15.1 Å². The van der Waals surface area contributed by atoms with Gasteiger partial charge in [-0.15, -0.1) is 5.10 Å². The summed E-state index contributed by atoms with van der Waals surface area (Å²) >= 11 is 0. The van der Waals surface area contributed by atoms with E-state index in [4.69, 9.17) is 4.74 Å². The van der Waals surface area contributed by atoms with Crippen LogP contribution >= 0.6 is 0 Å². The third-order valence-electron chi connectivity index (χ3n) is 2.88. The second-order valence-corrected chi connectivity index (χ2v) is 4.23. The van der Waals surface area contributed by atoms with Gasteiger partial charge in [0.25, 0.3) is 0 Å². The van der Waals surface area contributed by atoms with Gasteiger partial charge in [0, 0.05) is 0 Å². The van der Waals surface area contributed by atoms with Gasteiger partial charge >= 0.3 is 0 Å². The number of carbonyl (C=O) groups is 1. The lowest BCUT2D eigenvalue weighted by atomic mass is 10.1. The van der Waals surface area contributed by atoms with E-state index in [-0.39, 0.29) is 12.3 Å². The molecule has 0 saturated heterocycles. The van der Waals surface area contributed by atoms with Crippen LogP contribution in [0.2, 0.25) is 0 Å². The number of nitrogens with one attached hydrogen (secondary N) is 1. The number of nitrogens with zero attached hydrogens (tertiary/aromatic N) is 3. The van der Waals surface area contributed by atoms with E-state index in [0.29, 0.717) is 0 Å². The summed E-state index contributed by atoms with van der Waals surface area (Å²) in [4.78, 5) is 13.3. The zero-order valence-electron chi connectivity index (χ0n) is 11.2. The quantitative estimate of drug-likeness (QED) is 0.897. The molecule has 2 rings (SSSR count). The second-order valence-electron chi connectivity index (χ2n) is 4.23. The average Bonchev–Trinajstić information content (AvgIpc) is 2.71. The molecule has 1 heterocycles. The fourth-order valence-electron chi connectivity index (χ4n) is 1.60. The van der Waals surface area contributed by atoms with Gasteiger partial charge in [0.1, 0.15) is 5.75 Å². The minimum atomic E-state index is -0.141. The lowest BCUT2D eigenvalue weighted by molar-refractivity contribution is -0.116. The topological polar surface area (TPSA) is 69.0 Å². The SMILES string of the molecule is COc1ccc(CC(=O)Nn2nnc(C)c2C)cc1. The number of amides is 1. The molecule has 0 aliphatic rings. The van der Waals surface area contributed by atoms with Crippen molar-refractivity contribution in [3.63, 3.8) is 0 Å². The molecule has 100 valence electrons. The molecule has 0 spiro atoms. The largest absolute Gasteiger partial charge is 0.497 e. The molecule has 0 fully saturated rings. The predicted octanol–water partition coefficient (Wildman–Crippen LogP) is 1.22. The summed E-state index contributed by atoms with van der Waals surface area (Å²) in [6.07, 6.45) is 0.280. The van der Waals surface area contributed by atoms with Gasteiger partial charge in [-0.1, -0.05) is 12.1 Å². The van der Waals surface area contributed by atoms with Gasteiger partial charge in [-0.3, -0.25) is 4.79 Å². The van der Waals surface area contributed by atoms with Crippen molar-refractivity contribution >= 4 is 5.91 Å². The summed E-state index contributed by atoms with van der Waals surface area (Å²) in [5.74, 6) is 0.630. The van der Waals surface area contributed by atoms with Gasteiger partial charge in [0.2, 0.25) is 5.91 Å². The minimum Gasteiger partial charge on any atom is -0.497 e. The Bertz CT molecular complexity index is 575. The van der Waals surface area contributed by atoms with Gasteiger partial charge in [-0.2, -0.15) is 4.79 Å². The van der Waals surface area contributed by atoms with Crippen LogP contribution in [0.4, 0.5) is 0 Å². The Balaban J connectivity index is 1.99. The van der Waals surface area contributed by atoms with Crippen LogP contribution in [0.5, 0.6) is 5.75 Å². The summed E-state index contributed by atoms with van der Waals surface area (Å²) in [5, 5.41) is 7.72. The monoisotopic (exact) mass is 260 g/mol. The van der Waals surface area contributed by atoms with E-state index in [1.165, 1.54) is 4.79 Å². The maximum absolute atomic E-state index is 11.9. The van der Waals surface area contributed by atoms with Crippen molar-refractivity contribution in [2.45, 2.75) is 20.3 Å². The molecule has 0 atom stereocenters. The second kappa shape index (κ2) is 5.51. The summed E-state index contributed by atoms with van der Waals surface area (Å²) in [7, 11) is 1.61. The normalized spacial score (nSPS) is 10.3. The van der Waals surface area contributed by atoms with Gasteiger partial charge in [0.05, 0.1) is 24.9 Å². The standard InChI is InChI=1S/C13H16N4O2/c1-9-10(2)17(16-14-9)15-13(18)8-11-4-6-12(19-3)7-5-11/h4-7H,8H2,1-3H3,(H,15,18). The number of carbonyl (C=O) groups excluding carboxylic acids is 1. The van der Waals surface area contributed by atoms with Gasteiger partial charge < -0.3 is 4.74 Å². The molecule has 1 amide bonds. The molecule has 1 aromatic carbocycles. The number of aromatic nitrogens is 3. The van der Waals surface area contributed by atoms with Crippen LogP contribution < -0.4 is 10.2 Å². The molecule has 2 aromatic rings. The Hall–Kier alpha value is -2.37. The van der Waals surface area contributed by atoms with E-state index in [2.05, 4.69) is 15.7 Å². The van der Waals surface area contributed by atoms with E-state index in [1.54, 1.807) is 7.11 Å². The Morgan fingerprint density at radius 2 is 2.00 bits per heavy atom. The smallest absolute Gasteiger partial charge is 0.244 e. The summed E-state index contributed by atoms with van der Waals surface area (Å²) in [6, 6.07) is 7.37. The fourth-order valence-corrected chi connectivity index (χ4v) is 1.60. The molecule has 0 aliphatic carbocycles. The van der Waals surface area contributed by atoms with Crippen molar-refractivity contribution < 1.29 is 9.53 Å². The number of methoxy groups -OCH3 is 1. The molecular formula is C13H16N4O2. The van der Waals surface area contributed by atoms with Crippen LogP contribution in [0.3, 0.4) is 0 Å². The van der Waals surface area contributed by atoms with E-state index < -0.39 is 0 Å². The van der Waals surface area contributed by atoms with E-state index in [1.807, 2.05) is 38.1 Å². The molecule has 0 aliphatic heterocycles. The lowest BCUT2D eigenvalue weighted by Crippen LogP contribution is -2.26. The van der Waals surface area contributed by atoms with Crippen LogP contribution in [0.15, 0.2) is 24.3 Å². The molecule has 1 aromatic heterocycles. The van der Waals surface area contributed by atoms with E-state index >= 15 is 0 Å². The number of ether oxygens (including phenoxy) is 1. The van der Waals surface area contributed by atoms with Crippen molar-refractivity contribution in [1.29, 1.82) is 0 Å². The third kappa shape index (κ3) is 3.09. The highest BCUT2D eigenvalue weighted by Crippen LogP contribution is 2.11. The van der Waals surface area contributed by atoms with Crippen LogP contribution in [0.25, 0.3) is 0 Å². The van der Waals surface area contributed by atoms with E-state index in [0.717, 1.165) is 22.7 Å². The molecule has 0 bridgehead atoms. The number of aryl methyl sites for hydroxylation is 1. The Morgan fingerprint density at radius 3 is 2.53 bits per heavy atom. The van der Waals surface area contributed by atoms with Crippen molar-refractivity contribution in [2.24, 2.45) is 0 Å². The summed E-state index contributed by atoms with van der Waals surface area (Å²) in [5.41, 5.74) is 5.21. The average molecular weight is 260 g/mol. The first-order valence-corrected chi connectivity index (χ1v) is 5.92. The summed E-state index contributed by atoms with van der Waals surface area (Å²) < 4.78 is 5.07. The van der Waals surface area contributed by atoms with Crippen molar-refractivity contribution in [3.05, 3.63) is 41.2 Å². The molecule has 1 N–H and O–H groups in total. The van der Waals surface area contributed by atoms with Gasteiger partial charge in [-0.05, 0) is 36.8 Å². The molecule has 19 heavy (non-hydrogen) atoms. The minimum absolute atomic E-state index is 0.141. The number of rotatable bonds is 4. The number of hydrogen-bond donors (Lipinski definition) is 1. The highest BCUT2D eigenvalue weighted by atomic mass is 16.5. The zero-order chi connectivity index (χ0) is 13.8. The molecule has 6 heteroatoms. The fraction of sp³-hybridized carbons (Fsp3) is 0.308. The van der Waals surface area contributed by atoms with Crippen molar-refractivity contribution in [3.8, 4) is 5.75 Å². The molecular weight excluding hydrogens is 244 g/mol. The van der Waals surface area contributed by atoms with Crippen molar-refractivity contribution in [2.75, 3.05) is 12.5 Å². The van der Waals surface area contributed by atoms with E-state index in [9.17, 15) is 4.79 Å². The third-order valence-corrected chi connectivity index (χ3v) is 2.88. The Labute approximate surface area is 111 Å². The molecule has 0 unspecified atom stereocenters. The molecule has 0 radical (unpaired) electrons. The highest BCUT2D eigenvalue weighted by Gasteiger charge is 2.08. The summed E-state index contributed by atoms with van der Waals surface area (Å²) in [6.45, 7) is 3.69. The first-order chi connectivity index (χ1) is 9.10. The first-order valence-electron chi connectivity index (χ1n) is 5.92. The van der Waals surface area contributed by atoms with Gasteiger partial charge in [0.15, 0.2) is 0 Å². The maximum Gasteiger partial charge on any atom is 0.244 e. The molecule has 6 nitrogen and oxygen atoms in total. The van der Waals surface area contributed by atoms with Crippen LogP contribution in [-0.4, -0.2) is 28.1 Å². The number of benzene rings is 1. The Morgan fingerprint density at radius 1 is 1.32 bits per heavy atom. The number of hydrogen-bond acceptors (Lipinski definition) is 4. The van der Waals surface area contributed by atoms with Gasteiger partial charge in [-0.25, -0.2) is 5.43 Å². The van der Waals surface area contributed by atoms with Crippen LogP contribution in [0, 0.1) is 13.8 Å². The maximum atomic E-state index is 11.9. The highest BCUT2D eigenvalue weighted by molar-refractivity contribution is 5.85. The van der Waals surface area contributed by atoms with Crippen LogP contribution in [-0.2, 0) is 11.2 Å².